The van der Waals surface area contributed by atoms with E-state index in [1.54, 1.807) is 36.7 Å². The minimum Gasteiger partial charge on any atom is -0.295 e. The summed E-state index contributed by atoms with van der Waals surface area (Å²) in [6.07, 6.45) is 3.27. The van der Waals surface area contributed by atoms with E-state index < -0.39 is 0 Å². The molecular weight excluding hydrogens is 496 g/mol. The fourth-order valence-corrected chi connectivity index (χ4v) is 3.57. The Labute approximate surface area is 220 Å². The summed E-state index contributed by atoms with van der Waals surface area (Å²) in [6.45, 7) is 5.90. The third kappa shape index (κ3) is 8.89. The van der Waals surface area contributed by atoms with Crippen LogP contribution >= 0.6 is 24.4 Å². The van der Waals surface area contributed by atoms with Crippen LogP contribution in [0, 0.1) is 0 Å². The highest BCUT2D eigenvalue weighted by Gasteiger charge is 2.17. The van der Waals surface area contributed by atoms with E-state index in [1.165, 1.54) is 13.8 Å². The van der Waals surface area contributed by atoms with Crippen LogP contribution in [-0.4, -0.2) is 70.4 Å². The largest absolute Gasteiger partial charge is 0.295 e. The van der Waals surface area contributed by atoms with Crippen molar-refractivity contribution in [2.24, 2.45) is 10.2 Å². The van der Waals surface area contributed by atoms with Crippen LogP contribution in [0.3, 0.4) is 0 Å². The van der Waals surface area contributed by atoms with E-state index in [1.807, 2.05) is 34.3 Å². The van der Waals surface area contributed by atoms with Crippen LogP contribution in [0.2, 0.25) is 0 Å². The molecule has 2 aromatic rings. The lowest BCUT2D eigenvalue weighted by Gasteiger charge is -2.35. The molecule has 1 fully saturated rings. The summed E-state index contributed by atoms with van der Waals surface area (Å²) < 4.78 is 0. The number of ketones is 2. The molecule has 0 unspecified atom stereocenters. The summed E-state index contributed by atoms with van der Waals surface area (Å²) in [7, 11) is 0. The van der Waals surface area contributed by atoms with Crippen molar-refractivity contribution in [2.45, 2.75) is 13.8 Å². The predicted octanol–water partition coefficient (Wildman–Crippen LogP) is 1.84. The van der Waals surface area contributed by atoms with Crippen molar-refractivity contribution in [2.75, 3.05) is 26.2 Å². The van der Waals surface area contributed by atoms with Gasteiger partial charge in [0.05, 0.1) is 12.4 Å². The van der Waals surface area contributed by atoms with Crippen LogP contribution in [0.5, 0.6) is 0 Å². The molecule has 0 amide bonds. The van der Waals surface area contributed by atoms with Gasteiger partial charge in [-0.25, -0.2) is 10.0 Å². The molecule has 1 heterocycles. The zero-order valence-electron chi connectivity index (χ0n) is 20.0. The van der Waals surface area contributed by atoms with E-state index in [-0.39, 0.29) is 11.6 Å². The Balaban J connectivity index is 1.32. The van der Waals surface area contributed by atoms with Crippen molar-refractivity contribution in [1.29, 1.82) is 0 Å². The number of hydrogen-bond acceptors (Lipinski definition) is 8. The van der Waals surface area contributed by atoms with Gasteiger partial charge in [-0.2, -0.15) is 10.2 Å². The second-order valence-electron chi connectivity index (χ2n) is 7.95. The van der Waals surface area contributed by atoms with Crippen molar-refractivity contribution in [3.05, 3.63) is 70.8 Å². The quantitative estimate of drug-likeness (QED) is 0.177. The number of carbonyl (C=O) groups excluding carboxylic acids is 2. The minimum absolute atomic E-state index is 0.0258. The van der Waals surface area contributed by atoms with E-state index in [0.29, 0.717) is 47.5 Å². The van der Waals surface area contributed by atoms with E-state index in [2.05, 4.69) is 31.9 Å². The SMILES string of the molecule is CC(=O)c1ccc(C=NNC(=S)NN2CCN(NC(=S)NN=Cc3ccc(C(C)=O)cc3)CC2)cc1. The zero-order valence-corrected chi connectivity index (χ0v) is 21.7. The first kappa shape index (κ1) is 27.0. The molecule has 0 aromatic heterocycles. The molecule has 4 N–H and O–H groups in total. The summed E-state index contributed by atoms with van der Waals surface area (Å²) in [5.41, 5.74) is 14.8. The lowest BCUT2D eigenvalue weighted by atomic mass is 10.1. The maximum absolute atomic E-state index is 11.3. The Bertz CT molecular complexity index is 1050. The molecule has 0 bridgehead atoms. The molecule has 36 heavy (non-hydrogen) atoms. The number of hydrazone groups is 2. The van der Waals surface area contributed by atoms with Crippen LogP contribution < -0.4 is 21.7 Å². The zero-order chi connectivity index (χ0) is 25.9. The molecule has 1 saturated heterocycles. The minimum atomic E-state index is 0.0258. The number of hydrazine groups is 2. The molecule has 0 spiro atoms. The van der Waals surface area contributed by atoms with Gasteiger partial charge in [0.25, 0.3) is 0 Å². The third-order valence-electron chi connectivity index (χ3n) is 5.19. The molecule has 0 atom stereocenters. The fraction of sp³-hybridized carbons (Fsp3) is 0.250. The topological polar surface area (TPSA) is 113 Å². The number of nitrogens with one attached hydrogen (secondary N) is 4. The lowest BCUT2D eigenvalue weighted by molar-refractivity contribution is 0.0936. The first-order chi connectivity index (χ1) is 17.3. The number of carbonyl (C=O) groups is 2. The van der Waals surface area contributed by atoms with Gasteiger partial charge in [0, 0.05) is 37.3 Å². The first-order valence-corrected chi connectivity index (χ1v) is 12.0. The van der Waals surface area contributed by atoms with Crippen molar-refractivity contribution >= 4 is 58.7 Å². The molecular formula is C24H28N8O2S2. The van der Waals surface area contributed by atoms with Crippen molar-refractivity contribution in [3.63, 3.8) is 0 Å². The molecule has 0 saturated carbocycles. The average Bonchev–Trinajstić information content (AvgIpc) is 2.86. The normalized spacial score (nSPS) is 14.5. The molecule has 1 aliphatic rings. The number of nitrogens with zero attached hydrogens (tertiary/aromatic N) is 4. The van der Waals surface area contributed by atoms with Crippen molar-refractivity contribution in [3.8, 4) is 0 Å². The highest BCUT2D eigenvalue weighted by Crippen LogP contribution is 2.04. The van der Waals surface area contributed by atoms with Crippen LogP contribution in [0.25, 0.3) is 0 Å². The van der Waals surface area contributed by atoms with Crippen LogP contribution in [0.1, 0.15) is 45.7 Å². The molecule has 0 aliphatic carbocycles. The van der Waals surface area contributed by atoms with Crippen molar-refractivity contribution < 1.29 is 9.59 Å². The molecule has 0 radical (unpaired) electrons. The molecule has 12 heteroatoms. The van der Waals surface area contributed by atoms with Gasteiger partial charge in [0.1, 0.15) is 0 Å². The Morgan fingerprint density at radius 2 is 1.03 bits per heavy atom. The van der Waals surface area contributed by atoms with E-state index in [9.17, 15) is 9.59 Å². The number of thiocarbonyl (C=S) groups is 2. The first-order valence-electron chi connectivity index (χ1n) is 11.2. The number of benzene rings is 2. The summed E-state index contributed by atoms with van der Waals surface area (Å²) in [5, 5.41) is 13.0. The standard InChI is InChI=1S/C24H28N8O2S2/c1-17(33)21-7-3-19(4-8-21)15-25-27-23(35)29-31-11-13-32(14-12-31)30-24(36)28-26-16-20-5-9-22(10-6-20)18(2)34/h3-10,15-16H,11-14H2,1-2H3,(H2,27,29,35)(H2,28,30,36). The van der Waals surface area contributed by atoms with Crippen LogP contribution in [0.15, 0.2) is 58.7 Å². The fourth-order valence-electron chi connectivity index (χ4n) is 3.21. The molecule has 3 rings (SSSR count). The Morgan fingerprint density at radius 3 is 1.33 bits per heavy atom. The Hall–Kier alpha value is -3.58. The van der Waals surface area contributed by atoms with Crippen LogP contribution in [0.4, 0.5) is 0 Å². The van der Waals surface area contributed by atoms with E-state index in [0.717, 1.165) is 11.1 Å². The van der Waals surface area contributed by atoms with Gasteiger partial charge in [0.15, 0.2) is 11.6 Å². The second kappa shape index (κ2) is 13.5. The van der Waals surface area contributed by atoms with Crippen LogP contribution in [-0.2, 0) is 0 Å². The average molecular weight is 525 g/mol. The van der Waals surface area contributed by atoms with Gasteiger partial charge < -0.3 is 0 Å². The Morgan fingerprint density at radius 1 is 0.694 bits per heavy atom. The highest BCUT2D eigenvalue weighted by atomic mass is 32.1. The Kier molecular flexibility index (Phi) is 10.1. The number of hydrogen-bond donors (Lipinski definition) is 4. The number of Topliss-reactive ketones (excluding diaryl/α,β-unsaturated/α-hetero) is 2. The molecule has 2 aromatic carbocycles. The summed E-state index contributed by atoms with van der Waals surface area (Å²) in [6, 6.07) is 14.3. The third-order valence-corrected chi connectivity index (χ3v) is 5.56. The monoisotopic (exact) mass is 524 g/mol. The summed E-state index contributed by atoms with van der Waals surface area (Å²) in [4.78, 5) is 22.7. The molecule has 10 nitrogen and oxygen atoms in total. The van der Waals surface area contributed by atoms with E-state index >= 15 is 0 Å². The predicted molar refractivity (Wildman–Crippen MR) is 149 cm³/mol. The van der Waals surface area contributed by atoms with Gasteiger partial charge in [-0.1, -0.05) is 48.5 Å². The number of rotatable bonds is 8. The smallest absolute Gasteiger partial charge is 0.201 e. The van der Waals surface area contributed by atoms with Crippen molar-refractivity contribution in [1.82, 2.24) is 31.7 Å². The highest BCUT2D eigenvalue weighted by molar-refractivity contribution is 7.80. The number of piperazine rings is 1. The molecule has 1 aliphatic heterocycles. The summed E-state index contributed by atoms with van der Waals surface area (Å²) in [5.74, 6) is 0.0515. The van der Waals surface area contributed by atoms with E-state index in [4.69, 9.17) is 24.4 Å². The maximum atomic E-state index is 11.3. The maximum Gasteiger partial charge on any atom is 0.201 e. The van der Waals surface area contributed by atoms with Gasteiger partial charge >= 0.3 is 0 Å². The van der Waals surface area contributed by atoms with Gasteiger partial charge in [-0.05, 0) is 49.4 Å². The second-order valence-corrected chi connectivity index (χ2v) is 8.77. The van der Waals surface area contributed by atoms with Gasteiger partial charge in [0.2, 0.25) is 10.2 Å². The molecule has 188 valence electrons. The summed E-state index contributed by atoms with van der Waals surface area (Å²) >= 11 is 10.6. The lowest BCUT2D eigenvalue weighted by Crippen LogP contribution is -2.59. The van der Waals surface area contributed by atoms with Gasteiger partial charge in [-0.3, -0.25) is 31.3 Å². The van der Waals surface area contributed by atoms with Gasteiger partial charge in [-0.15, -0.1) is 0 Å².